The van der Waals surface area contributed by atoms with Crippen LogP contribution in [0.3, 0.4) is 0 Å². The molecule has 0 bridgehead atoms. The van der Waals surface area contributed by atoms with Gasteiger partial charge in [0.05, 0.1) is 10.6 Å². The number of amides is 4. The van der Waals surface area contributed by atoms with E-state index in [2.05, 4.69) is 10.6 Å². The lowest BCUT2D eigenvalue weighted by Gasteiger charge is -2.10. The summed E-state index contributed by atoms with van der Waals surface area (Å²) in [4.78, 5) is 36.7. The Bertz CT molecular complexity index is 820. The van der Waals surface area contributed by atoms with Crippen LogP contribution in [0.4, 0.5) is 10.5 Å². The Labute approximate surface area is 143 Å². The molecule has 1 aliphatic heterocycles. The van der Waals surface area contributed by atoms with Crippen LogP contribution in [0.2, 0.25) is 5.02 Å². The van der Waals surface area contributed by atoms with Crippen molar-refractivity contribution < 1.29 is 14.4 Å². The Morgan fingerprint density at radius 2 is 1.79 bits per heavy atom. The highest BCUT2D eigenvalue weighted by Crippen LogP contribution is 2.23. The summed E-state index contributed by atoms with van der Waals surface area (Å²) in [5.41, 5.74) is 1.59. The van der Waals surface area contributed by atoms with Gasteiger partial charge in [0.15, 0.2) is 0 Å². The van der Waals surface area contributed by atoms with Gasteiger partial charge in [0.25, 0.3) is 11.8 Å². The number of urea groups is 1. The first-order valence-electron chi connectivity index (χ1n) is 7.21. The zero-order valence-corrected chi connectivity index (χ0v) is 13.5. The molecule has 122 valence electrons. The quantitative estimate of drug-likeness (QED) is 0.841. The lowest BCUT2D eigenvalue weighted by molar-refractivity contribution is -0.126. The Morgan fingerprint density at radius 1 is 1.12 bits per heavy atom. The van der Waals surface area contributed by atoms with Gasteiger partial charge in [-0.15, -0.1) is 0 Å². The van der Waals surface area contributed by atoms with Crippen molar-refractivity contribution in [3.63, 3.8) is 0 Å². The molecule has 0 aromatic heterocycles. The Hall–Kier alpha value is -2.86. The molecule has 0 saturated carbocycles. The van der Waals surface area contributed by atoms with E-state index in [-0.39, 0.29) is 11.8 Å². The molecule has 24 heavy (non-hydrogen) atoms. The van der Waals surface area contributed by atoms with E-state index >= 15 is 0 Å². The number of hydrogen-bond acceptors (Lipinski definition) is 3. The number of anilines is 1. The van der Waals surface area contributed by atoms with Crippen molar-refractivity contribution in [2.75, 3.05) is 12.4 Å². The van der Waals surface area contributed by atoms with Gasteiger partial charge in [-0.25, -0.2) is 4.79 Å². The average Bonchev–Trinajstić information content (AvgIpc) is 2.83. The first-order valence-corrected chi connectivity index (χ1v) is 7.59. The van der Waals surface area contributed by atoms with Gasteiger partial charge >= 0.3 is 6.03 Å². The zero-order valence-electron chi connectivity index (χ0n) is 12.7. The van der Waals surface area contributed by atoms with Gasteiger partial charge in [-0.2, -0.15) is 0 Å². The van der Waals surface area contributed by atoms with E-state index in [0.717, 1.165) is 4.90 Å². The molecule has 7 heteroatoms. The number of rotatable bonds is 3. The van der Waals surface area contributed by atoms with E-state index in [4.69, 9.17) is 11.6 Å². The van der Waals surface area contributed by atoms with Gasteiger partial charge < -0.3 is 10.6 Å². The van der Waals surface area contributed by atoms with Crippen molar-refractivity contribution in [3.05, 3.63) is 64.7 Å². The van der Waals surface area contributed by atoms with Crippen LogP contribution in [-0.2, 0) is 4.79 Å². The molecule has 0 radical (unpaired) electrons. The largest absolute Gasteiger partial charge is 0.324 e. The van der Waals surface area contributed by atoms with E-state index in [1.54, 1.807) is 48.5 Å². The highest BCUT2D eigenvalue weighted by molar-refractivity contribution is 6.34. The standard InChI is InChI=1S/C17H14ClN3O3/c1-21-16(23)14(20-17(21)24)10-6-8-11(9-7-10)19-15(22)12-4-2-3-5-13(12)18/h2-9,14H,1H3,(H,19,22)(H,20,24). The summed E-state index contributed by atoms with van der Waals surface area (Å²) < 4.78 is 0. The van der Waals surface area contributed by atoms with Crippen LogP contribution < -0.4 is 10.6 Å². The molecule has 1 fully saturated rings. The topological polar surface area (TPSA) is 78.5 Å². The molecule has 4 amide bonds. The van der Waals surface area contributed by atoms with Gasteiger partial charge in [-0.05, 0) is 29.8 Å². The highest BCUT2D eigenvalue weighted by Gasteiger charge is 2.36. The Balaban J connectivity index is 1.74. The first-order chi connectivity index (χ1) is 11.5. The summed E-state index contributed by atoms with van der Waals surface area (Å²) in [5.74, 6) is -0.633. The first kappa shape index (κ1) is 16.0. The van der Waals surface area contributed by atoms with Crippen molar-refractivity contribution in [2.24, 2.45) is 0 Å². The van der Waals surface area contributed by atoms with Crippen LogP contribution >= 0.6 is 11.6 Å². The van der Waals surface area contributed by atoms with Gasteiger partial charge in [0.2, 0.25) is 0 Å². The number of carbonyl (C=O) groups excluding carboxylic acids is 3. The molecule has 2 N–H and O–H groups in total. The summed E-state index contributed by atoms with van der Waals surface area (Å²) >= 11 is 6.00. The molecule has 2 aromatic rings. The van der Waals surface area contributed by atoms with Crippen LogP contribution in [0.15, 0.2) is 48.5 Å². The maximum atomic E-state index is 12.2. The van der Waals surface area contributed by atoms with Crippen molar-refractivity contribution in [3.8, 4) is 0 Å². The minimum absolute atomic E-state index is 0.312. The fraction of sp³-hybridized carbons (Fsp3) is 0.118. The van der Waals surface area contributed by atoms with E-state index in [0.29, 0.717) is 21.8 Å². The summed E-state index contributed by atoms with van der Waals surface area (Å²) in [5, 5.41) is 5.70. The molecule has 2 aromatic carbocycles. The van der Waals surface area contributed by atoms with Crippen LogP contribution in [0.5, 0.6) is 0 Å². The molecule has 1 aliphatic rings. The number of nitrogens with zero attached hydrogens (tertiary/aromatic N) is 1. The lowest BCUT2D eigenvalue weighted by Crippen LogP contribution is -2.25. The Kier molecular flexibility index (Phi) is 4.22. The monoisotopic (exact) mass is 343 g/mol. The predicted molar refractivity (Wildman–Crippen MR) is 89.9 cm³/mol. The molecule has 3 rings (SSSR count). The van der Waals surface area contributed by atoms with E-state index < -0.39 is 12.1 Å². The molecule has 6 nitrogen and oxygen atoms in total. The van der Waals surface area contributed by atoms with Gasteiger partial charge in [-0.3, -0.25) is 14.5 Å². The summed E-state index contributed by atoms with van der Waals surface area (Å²) in [6, 6.07) is 12.3. The van der Waals surface area contributed by atoms with Gasteiger partial charge in [0.1, 0.15) is 6.04 Å². The molecule has 1 heterocycles. The number of halogens is 1. The third-order valence-electron chi connectivity index (χ3n) is 3.77. The minimum Gasteiger partial charge on any atom is -0.322 e. The molecular weight excluding hydrogens is 330 g/mol. The number of imide groups is 1. The average molecular weight is 344 g/mol. The molecule has 0 spiro atoms. The maximum Gasteiger partial charge on any atom is 0.324 e. The number of hydrogen-bond donors (Lipinski definition) is 2. The van der Waals surface area contributed by atoms with Gasteiger partial charge in [-0.1, -0.05) is 35.9 Å². The molecule has 1 unspecified atom stereocenters. The van der Waals surface area contributed by atoms with Crippen LogP contribution in [0.25, 0.3) is 0 Å². The van der Waals surface area contributed by atoms with E-state index in [1.165, 1.54) is 7.05 Å². The normalized spacial score (nSPS) is 16.9. The smallest absolute Gasteiger partial charge is 0.322 e. The molecule has 0 aliphatic carbocycles. The summed E-state index contributed by atoms with van der Waals surface area (Å²) in [7, 11) is 1.43. The van der Waals surface area contributed by atoms with E-state index in [1.807, 2.05) is 0 Å². The second-order valence-electron chi connectivity index (χ2n) is 5.34. The second kappa shape index (κ2) is 6.33. The number of benzene rings is 2. The van der Waals surface area contributed by atoms with E-state index in [9.17, 15) is 14.4 Å². The summed E-state index contributed by atoms with van der Waals surface area (Å²) in [6.07, 6.45) is 0. The van der Waals surface area contributed by atoms with Crippen molar-refractivity contribution in [1.82, 2.24) is 10.2 Å². The Morgan fingerprint density at radius 3 is 2.38 bits per heavy atom. The van der Waals surface area contributed by atoms with Crippen molar-refractivity contribution >= 4 is 35.1 Å². The molecular formula is C17H14ClN3O3. The number of nitrogens with one attached hydrogen (secondary N) is 2. The number of carbonyl (C=O) groups is 3. The molecule has 1 atom stereocenters. The SMILES string of the molecule is CN1C(=O)NC(c2ccc(NC(=O)c3ccccc3Cl)cc2)C1=O. The third kappa shape index (κ3) is 2.96. The highest BCUT2D eigenvalue weighted by atomic mass is 35.5. The number of likely N-dealkylation sites (N-methyl/N-ethyl adjacent to an activating group) is 1. The lowest BCUT2D eigenvalue weighted by atomic mass is 10.1. The van der Waals surface area contributed by atoms with Crippen LogP contribution in [0.1, 0.15) is 22.0 Å². The van der Waals surface area contributed by atoms with Gasteiger partial charge in [0, 0.05) is 12.7 Å². The minimum atomic E-state index is -0.698. The molecule has 1 saturated heterocycles. The second-order valence-corrected chi connectivity index (χ2v) is 5.74. The predicted octanol–water partition coefficient (Wildman–Crippen LogP) is 2.82. The van der Waals surface area contributed by atoms with Crippen LogP contribution in [0, 0.1) is 0 Å². The fourth-order valence-corrected chi connectivity index (χ4v) is 2.63. The van der Waals surface area contributed by atoms with Crippen molar-refractivity contribution in [1.29, 1.82) is 0 Å². The maximum absolute atomic E-state index is 12.2. The third-order valence-corrected chi connectivity index (χ3v) is 4.10. The van der Waals surface area contributed by atoms with Crippen molar-refractivity contribution in [2.45, 2.75) is 6.04 Å². The van der Waals surface area contributed by atoms with Crippen LogP contribution in [-0.4, -0.2) is 29.8 Å². The fourth-order valence-electron chi connectivity index (χ4n) is 2.40. The summed E-state index contributed by atoms with van der Waals surface area (Å²) in [6.45, 7) is 0. The zero-order chi connectivity index (χ0) is 17.3.